The molecule has 200 valence electrons. The number of hydrogen-bond donors (Lipinski definition) is 2. The second kappa shape index (κ2) is 9.66. The van der Waals surface area contributed by atoms with Crippen molar-refractivity contribution < 1.29 is 26.7 Å². The van der Waals surface area contributed by atoms with Gasteiger partial charge in [0.1, 0.15) is 11.6 Å². The van der Waals surface area contributed by atoms with E-state index in [1.807, 2.05) is 6.07 Å². The van der Waals surface area contributed by atoms with Gasteiger partial charge in [-0.2, -0.15) is 9.49 Å². The van der Waals surface area contributed by atoms with Gasteiger partial charge in [-0.3, -0.25) is 9.52 Å². The van der Waals surface area contributed by atoms with Gasteiger partial charge in [0.25, 0.3) is 0 Å². The number of allylic oxidation sites excluding steroid dienone is 1. The number of fused-ring (bicyclic) bond motifs is 1. The van der Waals surface area contributed by atoms with Crippen LogP contribution < -0.4 is 15.2 Å². The number of Topliss-reactive ketones (excluding diaryl/α,β-unsaturated/α-hetero) is 1. The molecule has 39 heavy (non-hydrogen) atoms. The number of aromatic nitrogens is 2. The fourth-order valence-electron chi connectivity index (χ4n) is 4.49. The monoisotopic (exact) mass is 550 g/mol. The lowest BCUT2D eigenvalue weighted by atomic mass is 10.0. The topological polar surface area (TPSA) is 116 Å². The minimum absolute atomic E-state index is 0.139. The van der Waals surface area contributed by atoms with E-state index in [4.69, 9.17) is 10.5 Å². The maximum Gasteiger partial charge on any atom is 0.229 e. The summed E-state index contributed by atoms with van der Waals surface area (Å²) in [7, 11) is -3.45. The van der Waals surface area contributed by atoms with E-state index >= 15 is 0 Å². The number of halogens is 2. The van der Waals surface area contributed by atoms with Crippen molar-refractivity contribution in [3.05, 3.63) is 99.8 Å². The van der Waals surface area contributed by atoms with E-state index < -0.39 is 21.7 Å². The summed E-state index contributed by atoms with van der Waals surface area (Å²) in [6.07, 6.45) is 4.58. The number of sulfonamides is 1. The summed E-state index contributed by atoms with van der Waals surface area (Å²) < 4.78 is 60.3. The van der Waals surface area contributed by atoms with Crippen molar-refractivity contribution in [1.29, 1.82) is 0 Å². The van der Waals surface area contributed by atoms with Crippen LogP contribution in [0.4, 0.5) is 20.3 Å². The van der Waals surface area contributed by atoms with E-state index in [1.165, 1.54) is 23.0 Å². The molecule has 8 nitrogen and oxygen atoms in total. The molecule has 0 unspecified atom stereocenters. The highest BCUT2D eigenvalue weighted by atomic mass is 32.2. The Kier molecular flexibility index (Phi) is 6.47. The zero-order valence-corrected chi connectivity index (χ0v) is 22.1. The average molecular weight is 551 g/mol. The fraction of sp³-hybridized carbons (Fsp3) is 0.143. The first-order chi connectivity index (χ1) is 18.4. The second-order valence-corrected chi connectivity index (χ2v) is 11.1. The third-order valence-corrected chi connectivity index (χ3v) is 6.97. The minimum Gasteiger partial charge on any atom is -0.454 e. The molecule has 3 aromatic carbocycles. The van der Waals surface area contributed by atoms with Crippen LogP contribution in [0.2, 0.25) is 0 Å². The number of nitrogens with two attached hydrogens (primary N) is 1. The van der Waals surface area contributed by atoms with Crippen LogP contribution in [-0.2, 0) is 16.4 Å². The number of ketones is 1. The molecule has 0 atom stereocenters. The van der Waals surface area contributed by atoms with Gasteiger partial charge >= 0.3 is 0 Å². The number of hydrogen-bond acceptors (Lipinski definition) is 6. The smallest absolute Gasteiger partial charge is 0.229 e. The molecule has 0 saturated heterocycles. The summed E-state index contributed by atoms with van der Waals surface area (Å²) >= 11 is 0. The summed E-state index contributed by atoms with van der Waals surface area (Å²) in [6, 6.07) is 12.1. The maximum absolute atomic E-state index is 14.0. The van der Waals surface area contributed by atoms with Crippen molar-refractivity contribution in [1.82, 2.24) is 9.78 Å². The van der Waals surface area contributed by atoms with Crippen molar-refractivity contribution >= 4 is 33.4 Å². The molecule has 0 saturated carbocycles. The van der Waals surface area contributed by atoms with E-state index in [9.17, 15) is 22.0 Å². The lowest BCUT2D eigenvalue weighted by Gasteiger charge is -2.12. The van der Waals surface area contributed by atoms with Crippen LogP contribution in [0, 0.1) is 25.5 Å². The van der Waals surface area contributed by atoms with Gasteiger partial charge in [-0.05, 0) is 78.6 Å². The van der Waals surface area contributed by atoms with Crippen molar-refractivity contribution in [2.45, 2.75) is 20.3 Å². The number of rotatable bonds is 7. The minimum atomic E-state index is -3.45. The molecule has 4 aromatic rings. The highest BCUT2D eigenvalue weighted by molar-refractivity contribution is 7.92. The van der Waals surface area contributed by atoms with Crippen molar-refractivity contribution in [3.63, 3.8) is 0 Å². The van der Waals surface area contributed by atoms with E-state index in [1.54, 1.807) is 44.2 Å². The molecule has 0 aliphatic heterocycles. The van der Waals surface area contributed by atoms with Gasteiger partial charge in [-0.25, -0.2) is 17.5 Å². The third-order valence-electron chi connectivity index (χ3n) is 6.38. The first kappa shape index (κ1) is 26.1. The van der Waals surface area contributed by atoms with E-state index in [-0.39, 0.29) is 28.7 Å². The number of aryl methyl sites for hydroxylation is 2. The van der Waals surface area contributed by atoms with Gasteiger partial charge < -0.3 is 10.5 Å². The number of nitrogens with zero attached hydrogens (tertiary/aromatic N) is 2. The van der Waals surface area contributed by atoms with Gasteiger partial charge in [0.2, 0.25) is 15.8 Å². The molecule has 11 heteroatoms. The first-order valence-corrected chi connectivity index (χ1v) is 13.7. The van der Waals surface area contributed by atoms with Crippen LogP contribution in [0.15, 0.2) is 60.3 Å². The number of anilines is 2. The molecule has 0 fully saturated rings. The number of ether oxygens (including phenoxy) is 1. The summed E-state index contributed by atoms with van der Waals surface area (Å²) in [4.78, 5) is 13.4. The maximum atomic E-state index is 14.0. The number of nitrogen functional groups attached to an aromatic ring is 1. The quantitative estimate of drug-likeness (QED) is 0.300. The summed E-state index contributed by atoms with van der Waals surface area (Å²) in [5, 5.41) is 4.31. The fourth-order valence-corrected chi connectivity index (χ4v) is 5.11. The molecule has 0 bridgehead atoms. The Balaban J connectivity index is 1.39. The van der Waals surface area contributed by atoms with Crippen LogP contribution >= 0.6 is 0 Å². The Labute approximate surface area is 223 Å². The molecule has 5 rings (SSSR count). The predicted octanol–water partition coefficient (Wildman–Crippen LogP) is 5.34. The highest BCUT2D eigenvalue weighted by Gasteiger charge is 2.25. The van der Waals surface area contributed by atoms with Crippen LogP contribution in [0.3, 0.4) is 0 Å². The summed E-state index contributed by atoms with van der Waals surface area (Å²) in [5.74, 6) is -2.19. The molecule has 1 aliphatic carbocycles. The summed E-state index contributed by atoms with van der Waals surface area (Å²) in [5.41, 5.74) is 11.2. The van der Waals surface area contributed by atoms with Crippen LogP contribution in [0.25, 0.3) is 11.8 Å². The number of carbonyl (C=O) groups excluding carboxylic acids is 1. The third kappa shape index (κ3) is 5.13. The van der Waals surface area contributed by atoms with Crippen molar-refractivity contribution in [2.75, 3.05) is 16.7 Å². The second-order valence-electron chi connectivity index (χ2n) is 9.37. The lowest BCUT2D eigenvalue weighted by molar-refractivity contribution is 0.103. The largest absolute Gasteiger partial charge is 0.454 e. The van der Waals surface area contributed by atoms with Crippen molar-refractivity contribution in [3.8, 4) is 17.2 Å². The molecule has 1 aliphatic rings. The molecule has 1 aromatic heterocycles. The predicted molar refractivity (Wildman–Crippen MR) is 145 cm³/mol. The number of carbonyl (C=O) groups is 1. The Morgan fingerprint density at radius 1 is 1.10 bits per heavy atom. The normalized spacial score (nSPS) is 12.7. The van der Waals surface area contributed by atoms with Gasteiger partial charge in [-0.1, -0.05) is 12.1 Å². The Morgan fingerprint density at radius 3 is 2.59 bits per heavy atom. The van der Waals surface area contributed by atoms with Crippen LogP contribution in [0.1, 0.15) is 32.6 Å². The standard InChI is InChI=1S/C28H24F2N4O4S/c1-15-9-17-11-19(12-18(17)13-23(15)33-39(3,36)37)27(35)21-14-32-34(28(21)31)24-8-7-20(10-16(24)2)38-25-6-4-5-22(29)26(25)30/h4-10,12-14,33H,11,31H2,1-3H3. The molecule has 0 spiro atoms. The zero-order valence-electron chi connectivity index (χ0n) is 21.2. The summed E-state index contributed by atoms with van der Waals surface area (Å²) in [6.45, 7) is 3.57. The SMILES string of the molecule is Cc1cc2c(cc1NS(C)(=O)=O)C=C(C(=O)c1cnn(-c3ccc(Oc4cccc(F)c4F)cc3C)c1N)C2. The van der Waals surface area contributed by atoms with Gasteiger partial charge in [-0.15, -0.1) is 0 Å². The van der Waals surface area contributed by atoms with Crippen LogP contribution in [0.5, 0.6) is 11.5 Å². The van der Waals surface area contributed by atoms with E-state index in [0.29, 0.717) is 28.9 Å². The molecular formula is C28H24F2N4O4S. The highest BCUT2D eigenvalue weighted by Crippen LogP contribution is 2.34. The van der Waals surface area contributed by atoms with E-state index in [0.717, 1.165) is 29.0 Å². The van der Waals surface area contributed by atoms with E-state index in [2.05, 4.69) is 9.82 Å². The average Bonchev–Trinajstić information content (AvgIpc) is 3.44. The molecule has 0 amide bonds. The Morgan fingerprint density at radius 2 is 1.87 bits per heavy atom. The van der Waals surface area contributed by atoms with Gasteiger partial charge in [0, 0.05) is 12.0 Å². The van der Waals surface area contributed by atoms with Gasteiger partial charge in [0.05, 0.1) is 29.4 Å². The zero-order chi connectivity index (χ0) is 28.1. The lowest BCUT2D eigenvalue weighted by Crippen LogP contribution is -2.11. The first-order valence-electron chi connectivity index (χ1n) is 11.8. The molecule has 3 N–H and O–H groups in total. The molecule has 0 radical (unpaired) electrons. The Bertz CT molecular complexity index is 1800. The van der Waals surface area contributed by atoms with Crippen molar-refractivity contribution in [2.24, 2.45) is 0 Å². The molecular weight excluding hydrogens is 526 g/mol. The van der Waals surface area contributed by atoms with Gasteiger partial charge in [0.15, 0.2) is 17.3 Å². The molecule has 1 heterocycles. The van der Waals surface area contributed by atoms with Crippen LogP contribution in [-0.4, -0.2) is 30.2 Å². The number of nitrogens with one attached hydrogen (secondary N) is 1. The number of benzene rings is 3. The Hall–Kier alpha value is -4.51.